The quantitative estimate of drug-likeness (QED) is 0.769. The number of benzene rings is 2. The zero-order valence-corrected chi connectivity index (χ0v) is 12.8. The second-order valence-electron chi connectivity index (χ2n) is 4.28. The first-order chi connectivity index (χ1) is 9.94. The normalized spacial score (nSPS) is 11.7. The van der Waals surface area contributed by atoms with E-state index in [1.807, 2.05) is 0 Å². The van der Waals surface area contributed by atoms with Crippen molar-refractivity contribution in [3.05, 3.63) is 57.2 Å². The molecule has 2 aromatic carbocycles. The summed E-state index contributed by atoms with van der Waals surface area (Å²) in [5.74, 6) is 0. The second kappa shape index (κ2) is 5.18. The summed E-state index contributed by atoms with van der Waals surface area (Å²) in [6.07, 6.45) is 0. The summed E-state index contributed by atoms with van der Waals surface area (Å²) in [7, 11) is -3.68. The van der Waals surface area contributed by atoms with Crippen molar-refractivity contribution in [2.75, 3.05) is 4.72 Å². The third kappa shape index (κ3) is 2.94. The summed E-state index contributed by atoms with van der Waals surface area (Å²) in [6, 6.07) is 10.8. The average Bonchev–Trinajstić information content (AvgIpc) is 2.78. The van der Waals surface area contributed by atoms with Crippen molar-refractivity contribution in [2.45, 2.75) is 4.90 Å². The molecule has 0 amide bonds. The fourth-order valence-corrected chi connectivity index (χ4v) is 3.79. The Kier molecular flexibility index (Phi) is 3.48. The maximum absolute atomic E-state index is 12.2. The lowest BCUT2D eigenvalue weighted by Crippen LogP contribution is -2.12. The smallest absolute Gasteiger partial charge is 0.305 e. The number of H-pyrrole nitrogens is 1. The fourth-order valence-electron chi connectivity index (χ4n) is 1.84. The molecule has 0 unspecified atom stereocenters. The number of rotatable bonds is 3. The van der Waals surface area contributed by atoms with E-state index in [1.165, 1.54) is 24.3 Å². The van der Waals surface area contributed by atoms with E-state index in [9.17, 15) is 13.2 Å². The number of hydrogen-bond acceptors (Lipinski definition) is 4. The number of anilines is 1. The number of aromatic nitrogens is 1. The van der Waals surface area contributed by atoms with E-state index < -0.39 is 10.0 Å². The Morgan fingerprint density at radius 2 is 1.81 bits per heavy atom. The fraction of sp³-hybridized carbons (Fsp3) is 0. The van der Waals surface area contributed by atoms with Crippen molar-refractivity contribution in [3.8, 4) is 0 Å². The molecular weight excluding hydrogens is 332 g/mol. The number of fused-ring (bicyclic) bond motifs is 1. The first kappa shape index (κ1) is 14.1. The van der Waals surface area contributed by atoms with Gasteiger partial charge in [0, 0.05) is 5.02 Å². The minimum atomic E-state index is -3.68. The molecule has 1 aromatic heterocycles. The van der Waals surface area contributed by atoms with E-state index in [0.29, 0.717) is 20.9 Å². The largest absolute Gasteiger partial charge is 0.312 e. The van der Waals surface area contributed by atoms with Gasteiger partial charge in [-0.15, -0.1) is 0 Å². The van der Waals surface area contributed by atoms with Crippen LogP contribution in [0, 0.1) is 0 Å². The number of hydrogen-bond donors (Lipinski definition) is 2. The van der Waals surface area contributed by atoms with E-state index in [0.717, 1.165) is 11.3 Å². The zero-order valence-electron chi connectivity index (χ0n) is 10.5. The standard InChI is InChI=1S/C13H9ClN2O3S2/c14-8-1-4-10(5-2-8)21(18,19)16-9-3-6-11-12(7-9)20-13(17)15-11/h1-7,16H,(H,15,17). The monoisotopic (exact) mass is 340 g/mol. The van der Waals surface area contributed by atoms with Crippen LogP contribution in [0.2, 0.25) is 5.02 Å². The maximum Gasteiger partial charge on any atom is 0.305 e. The van der Waals surface area contributed by atoms with Crippen molar-refractivity contribution in [1.29, 1.82) is 0 Å². The molecule has 1 heterocycles. The highest BCUT2D eigenvalue weighted by Gasteiger charge is 2.14. The van der Waals surface area contributed by atoms with E-state index >= 15 is 0 Å². The minimum Gasteiger partial charge on any atom is -0.312 e. The molecule has 2 N–H and O–H groups in total. The lowest BCUT2D eigenvalue weighted by atomic mass is 10.3. The van der Waals surface area contributed by atoms with Gasteiger partial charge in [-0.1, -0.05) is 22.9 Å². The topological polar surface area (TPSA) is 79.0 Å². The number of nitrogens with one attached hydrogen (secondary N) is 2. The van der Waals surface area contributed by atoms with Crippen LogP contribution in [0.3, 0.4) is 0 Å². The predicted octanol–water partition coefficient (Wildman–Crippen LogP) is 3.04. The summed E-state index contributed by atoms with van der Waals surface area (Å²) in [4.78, 5) is 13.8. The third-order valence-corrected chi connectivity index (χ3v) is 5.29. The zero-order chi connectivity index (χ0) is 15.0. The molecule has 0 saturated carbocycles. The molecule has 0 fully saturated rings. The molecule has 21 heavy (non-hydrogen) atoms. The number of thiazole rings is 1. The lowest BCUT2D eigenvalue weighted by Gasteiger charge is -2.08. The summed E-state index contributed by atoms with van der Waals surface area (Å²) < 4.78 is 27.6. The summed E-state index contributed by atoms with van der Waals surface area (Å²) in [6.45, 7) is 0. The number of aromatic amines is 1. The van der Waals surface area contributed by atoms with Gasteiger partial charge >= 0.3 is 4.87 Å². The molecule has 0 saturated heterocycles. The Balaban J connectivity index is 1.96. The van der Waals surface area contributed by atoms with Crippen molar-refractivity contribution in [1.82, 2.24) is 4.98 Å². The van der Waals surface area contributed by atoms with Crippen molar-refractivity contribution in [2.24, 2.45) is 0 Å². The van der Waals surface area contributed by atoms with Crippen LogP contribution in [0.4, 0.5) is 5.69 Å². The summed E-state index contributed by atoms with van der Waals surface area (Å²) >= 11 is 6.77. The number of sulfonamides is 1. The Morgan fingerprint density at radius 3 is 2.52 bits per heavy atom. The molecule has 5 nitrogen and oxygen atoms in total. The van der Waals surface area contributed by atoms with Gasteiger partial charge in [0.25, 0.3) is 10.0 Å². The third-order valence-electron chi connectivity index (χ3n) is 2.80. The van der Waals surface area contributed by atoms with E-state index in [1.54, 1.807) is 18.2 Å². The molecule has 0 spiro atoms. The molecule has 0 bridgehead atoms. The molecule has 108 valence electrons. The first-order valence-corrected chi connectivity index (χ1v) is 8.53. The number of halogens is 1. The highest BCUT2D eigenvalue weighted by Crippen LogP contribution is 2.22. The van der Waals surface area contributed by atoms with Crippen LogP contribution in [0.1, 0.15) is 0 Å². The molecule has 3 aromatic rings. The molecule has 0 radical (unpaired) electrons. The average molecular weight is 341 g/mol. The Hall–Kier alpha value is -1.83. The molecule has 0 aliphatic carbocycles. The van der Waals surface area contributed by atoms with Crippen molar-refractivity contribution in [3.63, 3.8) is 0 Å². The van der Waals surface area contributed by atoms with E-state index in [-0.39, 0.29) is 9.77 Å². The molecule has 8 heteroatoms. The Morgan fingerprint density at radius 1 is 1.10 bits per heavy atom. The molecular formula is C13H9ClN2O3S2. The van der Waals surface area contributed by atoms with Crippen LogP contribution in [0.25, 0.3) is 10.2 Å². The first-order valence-electron chi connectivity index (χ1n) is 5.85. The SMILES string of the molecule is O=c1[nH]c2ccc(NS(=O)(=O)c3ccc(Cl)cc3)cc2s1. The van der Waals surface area contributed by atoms with Gasteiger partial charge in [0.1, 0.15) is 0 Å². The van der Waals surface area contributed by atoms with Crippen LogP contribution in [0.5, 0.6) is 0 Å². The highest BCUT2D eigenvalue weighted by atomic mass is 35.5. The van der Waals surface area contributed by atoms with Gasteiger partial charge in [-0.3, -0.25) is 9.52 Å². The Bertz CT molecular complexity index is 959. The lowest BCUT2D eigenvalue weighted by molar-refractivity contribution is 0.601. The van der Waals surface area contributed by atoms with Crippen LogP contribution in [-0.4, -0.2) is 13.4 Å². The van der Waals surface area contributed by atoms with Crippen molar-refractivity contribution < 1.29 is 8.42 Å². The van der Waals surface area contributed by atoms with Gasteiger partial charge in [-0.05, 0) is 42.5 Å². The van der Waals surface area contributed by atoms with Crippen LogP contribution < -0.4 is 9.60 Å². The maximum atomic E-state index is 12.2. The van der Waals surface area contributed by atoms with Gasteiger partial charge in [0.2, 0.25) is 0 Å². The highest BCUT2D eigenvalue weighted by molar-refractivity contribution is 7.92. The van der Waals surface area contributed by atoms with Crippen LogP contribution >= 0.6 is 22.9 Å². The molecule has 3 rings (SSSR count). The van der Waals surface area contributed by atoms with Gasteiger partial charge in [-0.2, -0.15) is 0 Å². The van der Waals surface area contributed by atoms with Gasteiger partial charge in [0.15, 0.2) is 0 Å². The van der Waals surface area contributed by atoms with E-state index in [4.69, 9.17) is 11.6 Å². The summed E-state index contributed by atoms with van der Waals surface area (Å²) in [5, 5.41) is 0.465. The molecule has 0 aliphatic heterocycles. The van der Waals surface area contributed by atoms with Gasteiger partial charge in [0.05, 0.1) is 20.8 Å². The second-order valence-corrected chi connectivity index (χ2v) is 7.42. The van der Waals surface area contributed by atoms with E-state index in [2.05, 4.69) is 9.71 Å². The van der Waals surface area contributed by atoms with Gasteiger partial charge < -0.3 is 4.98 Å². The van der Waals surface area contributed by atoms with Crippen LogP contribution in [-0.2, 0) is 10.0 Å². The molecule has 0 atom stereocenters. The minimum absolute atomic E-state index is 0.120. The molecule has 0 aliphatic rings. The summed E-state index contributed by atoms with van der Waals surface area (Å²) in [5.41, 5.74) is 1.08. The predicted molar refractivity (Wildman–Crippen MR) is 84.7 cm³/mol. The van der Waals surface area contributed by atoms with Crippen molar-refractivity contribution >= 4 is 48.9 Å². The van der Waals surface area contributed by atoms with Crippen LogP contribution in [0.15, 0.2) is 52.2 Å². The Labute approximate surface area is 129 Å². The van der Waals surface area contributed by atoms with Gasteiger partial charge in [-0.25, -0.2) is 8.42 Å².